The molecule has 1 aromatic rings. The highest BCUT2D eigenvalue weighted by Gasteiger charge is 2.07. The van der Waals surface area contributed by atoms with E-state index < -0.39 is 5.91 Å². The third-order valence-corrected chi connectivity index (χ3v) is 2.19. The fourth-order valence-corrected chi connectivity index (χ4v) is 1.14. The summed E-state index contributed by atoms with van der Waals surface area (Å²) in [6.07, 6.45) is 0.295. The number of Topliss-reactive ketones (excluding diaryl/α,β-unsaturated/α-hetero) is 1. The van der Waals surface area contributed by atoms with Crippen LogP contribution in [0.1, 0.15) is 41.0 Å². The largest absolute Gasteiger partial charge is 0.295 e. The van der Waals surface area contributed by atoms with Gasteiger partial charge >= 0.3 is 0 Å². The average molecular weight is 234 g/mol. The lowest BCUT2D eigenvalue weighted by Crippen LogP contribution is -2.41. The molecule has 2 amide bonds. The van der Waals surface area contributed by atoms with E-state index in [1.54, 1.807) is 19.1 Å². The number of carbonyl (C=O) groups excluding carboxylic acids is 3. The van der Waals surface area contributed by atoms with Gasteiger partial charge in [-0.2, -0.15) is 0 Å². The van der Waals surface area contributed by atoms with Gasteiger partial charge in [-0.05, 0) is 19.1 Å². The van der Waals surface area contributed by atoms with Gasteiger partial charge in [0.25, 0.3) is 5.91 Å². The zero-order chi connectivity index (χ0) is 12.8. The van der Waals surface area contributed by atoms with Crippen LogP contribution in [0.25, 0.3) is 0 Å². The summed E-state index contributed by atoms with van der Waals surface area (Å²) in [5.74, 6) is -0.739. The summed E-state index contributed by atoms with van der Waals surface area (Å²) in [6.45, 7) is 3.14. The molecule has 5 heteroatoms. The van der Waals surface area contributed by atoms with Gasteiger partial charge in [-0.3, -0.25) is 25.2 Å². The second-order valence-electron chi connectivity index (χ2n) is 3.49. The Balaban J connectivity index is 2.64. The highest BCUT2D eigenvalue weighted by Crippen LogP contribution is 2.04. The Morgan fingerprint density at radius 3 is 2.00 bits per heavy atom. The minimum atomic E-state index is -0.415. The van der Waals surface area contributed by atoms with Crippen molar-refractivity contribution in [1.29, 1.82) is 0 Å². The SMILES string of the molecule is CCC(=O)NNC(=O)c1ccc(C(C)=O)cc1. The van der Waals surface area contributed by atoms with E-state index in [0.717, 1.165) is 0 Å². The highest BCUT2D eigenvalue weighted by molar-refractivity contribution is 5.98. The smallest absolute Gasteiger partial charge is 0.269 e. The standard InChI is InChI=1S/C12H14N2O3/c1-3-11(16)13-14-12(17)10-6-4-9(5-7-10)8(2)15/h4-7H,3H2,1-2H3,(H,13,16)(H,14,17). The lowest BCUT2D eigenvalue weighted by molar-refractivity contribution is -0.121. The lowest BCUT2D eigenvalue weighted by atomic mass is 10.1. The van der Waals surface area contributed by atoms with Crippen molar-refractivity contribution in [3.8, 4) is 0 Å². The molecular formula is C12H14N2O3. The van der Waals surface area contributed by atoms with Gasteiger partial charge in [-0.25, -0.2) is 0 Å². The molecule has 0 heterocycles. The van der Waals surface area contributed by atoms with Gasteiger partial charge in [0.15, 0.2) is 5.78 Å². The molecule has 0 bridgehead atoms. The maximum atomic E-state index is 11.5. The van der Waals surface area contributed by atoms with Crippen LogP contribution in [0, 0.1) is 0 Å². The number of nitrogens with one attached hydrogen (secondary N) is 2. The first-order valence-electron chi connectivity index (χ1n) is 5.24. The summed E-state index contributed by atoms with van der Waals surface area (Å²) in [7, 11) is 0. The molecule has 0 radical (unpaired) electrons. The maximum Gasteiger partial charge on any atom is 0.269 e. The predicted molar refractivity (Wildman–Crippen MR) is 62.3 cm³/mol. The third kappa shape index (κ3) is 3.71. The fourth-order valence-electron chi connectivity index (χ4n) is 1.14. The normalized spacial score (nSPS) is 9.53. The molecule has 0 saturated carbocycles. The fraction of sp³-hybridized carbons (Fsp3) is 0.250. The van der Waals surface area contributed by atoms with Crippen LogP contribution >= 0.6 is 0 Å². The van der Waals surface area contributed by atoms with Crippen LogP contribution in [0.3, 0.4) is 0 Å². The number of hydrogen-bond acceptors (Lipinski definition) is 3. The topological polar surface area (TPSA) is 75.3 Å². The first-order chi connectivity index (χ1) is 8.04. The Hall–Kier alpha value is -2.17. The monoisotopic (exact) mass is 234 g/mol. The van der Waals surface area contributed by atoms with E-state index in [-0.39, 0.29) is 11.7 Å². The van der Waals surface area contributed by atoms with E-state index in [2.05, 4.69) is 10.9 Å². The van der Waals surface area contributed by atoms with Crippen LogP contribution in [-0.4, -0.2) is 17.6 Å². The summed E-state index contributed by atoms with van der Waals surface area (Å²) in [6, 6.07) is 6.20. The van der Waals surface area contributed by atoms with Gasteiger partial charge in [0, 0.05) is 17.5 Å². The highest BCUT2D eigenvalue weighted by atomic mass is 16.2. The van der Waals surface area contributed by atoms with Gasteiger partial charge in [-0.15, -0.1) is 0 Å². The number of ketones is 1. The van der Waals surface area contributed by atoms with Gasteiger partial charge in [0.05, 0.1) is 0 Å². The van der Waals surface area contributed by atoms with Gasteiger partial charge in [0.1, 0.15) is 0 Å². The van der Waals surface area contributed by atoms with Crippen LogP contribution in [-0.2, 0) is 4.79 Å². The number of carbonyl (C=O) groups is 3. The van der Waals surface area contributed by atoms with Crippen molar-refractivity contribution in [3.05, 3.63) is 35.4 Å². The second-order valence-corrected chi connectivity index (χ2v) is 3.49. The Kier molecular flexibility index (Phi) is 4.39. The Labute approximate surface area is 99.2 Å². The third-order valence-electron chi connectivity index (χ3n) is 2.19. The van der Waals surface area contributed by atoms with Crippen molar-refractivity contribution < 1.29 is 14.4 Å². The zero-order valence-electron chi connectivity index (χ0n) is 9.74. The molecule has 0 aliphatic heterocycles. The van der Waals surface area contributed by atoms with Crippen molar-refractivity contribution in [2.45, 2.75) is 20.3 Å². The number of rotatable bonds is 3. The molecule has 0 atom stereocenters. The molecule has 0 fully saturated rings. The molecule has 2 N–H and O–H groups in total. The molecule has 5 nitrogen and oxygen atoms in total. The summed E-state index contributed by atoms with van der Waals surface area (Å²) < 4.78 is 0. The average Bonchev–Trinajstić information content (AvgIpc) is 2.35. The van der Waals surface area contributed by atoms with Gasteiger partial charge in [0.2, 0.25) is 5.91 Å². The number of amides is 2. The molecule has 1 rings (SSSR count). The summed E-state index contributed by atoms with van der Waals surface area (Å²) >= 11 is 0. The maximum absolute atomic E-state index is 11.5. The molecule has 0 spiro atoms. The van der Waals surface area contributed by atoms with Crippen molar-refractivity contribution in [2.75, 3.05) is 0 Å². The van der Waals surface area contributed by atoms with E-state index in [4.69, 9.17) is 0 Å². The molecule has 0 saturated heterocycles. The molecule has 90 valence electrons. The van der Waals surface area contributed by atoms with E-state index in [0.29, 0.717) is 17.5 Å². The number of hydrogen-bond donors (Lipinski definition) is 2. The van der Waals surface area contributed by atoms with Crippen LogP contribution in [0.4, 0.5) is 0 Å². The van der Waals surface area contributed by atoms with E-state index in [9.17, 15) is 14.4 Å². The van der Waals surface area contributed by atoms with E-state index in [1.165, 1.54) is 19.1 Å². The molecule has 1 aromatic carbocycles. The Morgan fingerprint density at radius 2 is 1.53 bits per heavy atom. The number of hydrazine groups is 1. The van der Waals surface area contributed by atoms with Crippen molar-refractivity contribution in [2.24, 2.45) is 0 Å². The quantitative estimate of drug-likeness (QED) is 0.606. The summed E-state index contributed by atoms with van der Waals surface area (Å²) in [5.41, 5.74) is 5.46. The van der Waals surface area contributed by atoms with Crippen LogP contribution in [0.5, 0.6) is 0 Å². The summed E-state index contributed by atoms with van der Waals surface area (Å²) in [4.78, 5) is 33.5. The minimum absolute atomic E-state index is 0.0590. The van der Waals surface area contributed by atoms with Gasteiger partial charge < -0.3 is 0 Å². The molecule has 17 heavy (non-hydrogen) atoms. The zero-order valence-corrected chi connectivity index (χ0v) is 9.74. The summed E-state index contributed by atoms with van der Waals surface area (Å²) in [5, 5.41) is 0. The molecule has 0 unspecified atom stereocenters. The van der Waals surface area contributed by atoms with Crippen LogP contribution in [0.2, 0.25) is 0 Å². The first-order valence-corrected chi connectivity index (χ1v) is 5.24. The van der Waals surface area contributed by atoms with Crippen LogP contribution in [0.15, 0.2) is 24.3 Å². The van der Waals surface area contributed by atoms with Crippen LogP contribution < -0.4 is 10.9 Å². The van der Waals surface area contributed by atoms with Crippen molar-refractivity contribution >= 4 is 17.6 Å². The van der Waals surface area contributed by atoms with Crippen molar-refractivity contribution in [1.82, 2.24) is 10.9 Å². The molecule has 0 aliphatic carbocycles. The second kappa shape index (κ2) is 5.79. The first kappa shape index (κ1) is 12.9. The molecule has 0 aromatic heterocycles. The van der Waals surface area contributed by atoms with E-state index in [1.807, 2.05) is 0 Å². The van der Waals surface area contributed by atoms with Crippen molar-refractivity contribution in [3.63, 3.8) is 0 Å². The predicted octanol–water partition coefficient (Wildman–Crippen LogP) is 1.06. The minimum Gasteiger partial charge on any atom is -0.295 e. The molecular weight excluding hydrogens is 220 g/mol. The molecule has 0 aliphatic rings. The Morgan fingerprint density at radius 1 is 1.00 bits per heavy atom. The van der Waals surface area contributed by atoms with Gasteiger partial charge in [-0.1, -0.05) is 19.1 Å². The lowest BCUT2D eigenvalue weighted by Gasteiger charge is -2.06. The Bertz CT molecular complexity index is 438. The van der Waals surface area contributed by atoms with E-state index >= 15 is 0 Å². The number of benzene rings is 1.